The molecule has 5 rings (SSSR count). The van der Waals surface area contributed by atoms with Crippen molar-refractivity contribution in [3.8, 4) is 10.6 Å². The first-order chi connectivity index (χ1) is 17.0. The molecule has 0 saturated carbocycles. The van der Waals surface area contributed by atoms with E-state index in [2.05, 4.69) is 0 Å². The second-order valence-corrected chi connectivity index (χ2v) is 9.58. The molecule has 10 heteroatoms. The van der Waals surface area contributed by atoms with Crippen molar-refractivity contribution in [3.05, 3.63) is 52.9 Å². The topological polar surface area (TPSA) is 103 Å². The quantitative estimate of drug-likeness (QED) is 0.560. The SMILES string of the molecule is O=C(O)c1c(CN2CCN(CC(=O)N3CCOCC3)C(=O)C2)c(-c2cccs2)nc2ccccc12. The number of carboxylic acids is 1. The van der Waals surface area contributed by atoms with Crippen LogP contribution in [0.2, 0.25) is 0 Å². The van der Waals surface area contributed by atoms with E-state index in [9.17, 15) is 19.5 Å². The smallest absolute Gasteiger partial charge is 0.336 e. The summed E-state index contributed by atoms with van der Waals surface area (Å²) in [5.74, 6) is -1.22. The number of rotatable bonds is 6. The molecule has 0 spiro atoms. The average molecular weight is 495 g/mol. The number of aromatic carboxylic acids is 1. The van der Waals surface area contributed by atoms with E-state index < -0.39 is 5.97 Å². The van der Waals surface area contributed by atoms with Crippen LogP contribution < -0.4 is 0 Å². The van der Waals surface area contributed by atoms with E-state index in [-0.39, 0.29) is 37.0 Å². The normalized spacial score (nSPS) is 17.2. The number of hydrogen-bond acceptors (Lipinski definition) is 7. The molecule has 2 fully saturated rings. The minimum atomic E-state index is -1.02. The first kappa shape index (κ1) is 23.4. The number of ether oxygens (including phenoxy) is 1. The maximum Gasteiger partial charge on any atom is 0.336 e. The highest BCUT2D eigenvalue weighted by Gasteiger charge is 2.30. The van der Waals surface area contributed by atoms with Gasteiger partial charge in [0.25, 0.3) is 0 Å². The molecule has 0 atom stereocenters. The highest BCUT2D eigenvalue weighted by atomic mass is 32.1. The molecule has 0 unspecified atom stereocenters. The fourth-order valence-electron chi connectivity index (χ4n) is 4.63. The number of aromatic nitrogens is 1. The Balaban J connectivity index is 1.38. The molecule has 0 bridgehead atoms. The number of benzene rings is 1. The number of pyridine rings is 1. The molecule has 182 valence electrons. The molecule has 2 amide bonds. The molecule has 1 aromatic carbocycles. The number of fused-ring (bicyclic) bond motifs is 1. The van der Waals surface area contributed by atoms with Crippen molar-refractivity contribution in [1.29, 1.82) is 0 Å². The lowest BCUT2D eigenvalue weighted by molar-refractivity contribution is -0.145. The Morgan fingerprint density at radius 2 is 1.86 bits per heavy atom. The monoisotopic (exact) mass is 494 g/mol. The molecule has 0 aliphatic carbocycles. The van der Waals surface area contributed by atoms with E-state index in [4.69, 9.17) is 9.72 Å². The summed E-state index contributed by atoms with van der Waals surface area (Å²) in [6.45, 7) is 3.54. The van der Waals surface area contributed by atoms with Crippen molar-refractivity contribution in [1.82, 2.24) is 19.7 Å². The van der Waals surface area contributed by atoms with Crippen LogP contribution in [0, 0.1) is 0 Å². The average Bonchev–Trinajstić information content (AvgIpc) is 3.40. The van der Waals surface area contributed by atoms with Crippen molar-refractivity contribution in [2.24, 2.45) is 0 Å². The van der Waals surface area contributed by atoms with Crippen molar-refractivity contribution < 1.29 is 24.2 Å². The fraction of sp³-hybridized carbons (Fsp3) is 0.360. The Labute approximate surface area is 206 Å². The molecular formula is C25H26N4O5S. The molecule has 2 aliphatic rings. The Morgan fingerprint density at radius 3 is 2.57 bits per heavy atom. The summed E-state index contributed by atoms with van der Waals surface area (Å²) in [6.07, 6.45) is 0. The van der Waals surface area contributed by atoms with Gasteiger partial charge in [-0.15, -0.1) is 11.3 Å². The van der Waals surface area contributed by atoms with Crippen molar-refractivity contribution >= 4 is 40.0 Å². The second kappa shape index (κ2) is 10.1. The van der Waals surface area contributed by atoms with Crippen LogP contribution in [0.3, 0.4) is 0 Å². The zero-order valence-corrected chi connectivity index (χ0v) is 20.0. The summed E-state index contributed by atoms with van der Waals surface area (Å²) in [5, 5.41) is 12.7. The van der Waals surface area contributed by atoms with Gasteiger partial charge in [-0.2, -0.15) is 0 Å². The first-order valence-electron chi connectivity index (χ1n) is 11.6. The number of carboxylic acid groups (broad SMARTS) is 1. The number of amides is 2. The number of morpholine rings is 1. The zero-order valence-electron chi connectivity index (χ0n) is 19.2. The van der Waals surface area contributed by atoms with Gasteiger partial charge in [-0.25, -0.2) is 9.78 Å². The van der Waals surface area contributed by atoms with E-state index >= 15 is 0 Å². The third-order valence-electron chi connectivity index (χ3n) is 6.43. The van der Waals surface area contributed by atoms with Crippen LogP contribution in [-0.2, 0) is 20.9 Å². The number of hydrogen-bond donors (Lipinski definition) is 1. The van der Waals surface area contributed by atoms with Gasteiger partial charge in [0.2, 0.25) is 11.8 Å². The van der Waals surface area contributed by atoms with Crippen molar-refractivity contribution in [2.45, 2.75) is 6.54 Å². The zero-order chi connectivity index (χ0) is 24.4. The summed E-state index contributed by atoms with van der Waals surface area (Å²) in [4.78, 5) is 48.9. The van der Waals surface area contributed by atoms with E-state index in [1.807, 2.05) is 34.5 Å². The molecule has 2 saturated heterocycles. The van der Waals surface area contributed by atoms with E-state index in [0.717, 1.165) is 4.88 Å². The summed E-state index contributed by atoms with van der Waals surface area (Å²) < 4.78 is 5.29. The van der Waals surface area contributed by atoms with E-state index in [0.29, 0.717) is 61.6 Å². The maximum atomic E-state index is 12.9. The first-order valence-corrected chi connectivity index (χ1v) is 12.4. The lowest BCUT2D eigenvalue weighted by atomic mass is 9.98. The third kappa shape index (κ3) is 4.90. The molecule has 0 radical (unpaired) electrons. The highest BCUT2D eigenvalue weighted by molar-refractivity contribution is 7.13. The predicted octanol–water partition coefficient (Wildman–Crippen LogP) is 2.16. The van der Waals surface area contributed by atoms with Crippen LogP contribution in [0.25, 0.3) is 21.5 Å². The number of carbonyl (C=O) groups is 3. The van der Waals surface area contributed by atoms with Gasteiger partial charge in [-0.3, -0.25) is 14.5 Å². The molecule has 35 heavy (non-hydrogen) atoms. The predicted molar refractivity (Wildman–Crippen MR) is 131 cm³/mol. The number of piperazine rings is 1. The second-order valence-electron chi connectivity index (χ2n) is 8.63. The van der Waals surface area contributed by atoms with Crippen molar-refractivity contribution in [2.75, 3.05) is 52.5 Å². The minimum Gasteiger partial charge on any atom is -0.478 e. The summed E-state index contributed by atoms with van der Waals surface area (Å²) in [6, 6.07) is 11.1. The van der Waals surface area contributed by atoms with Crippen LogP contribution >= 0.6 is 11.3 Å². The van der Waals surface area contributed by atoms with Gasteiger partial charge in [0, 0.05) is 43.7 Å². The van der Waals surface area contributed by atoms with Crippen LogP contribution in [0.5, 0.6) is 0 Å². The van der Waals surface area contributed by atoms with Gasteiger partial charge in [-0.05, 0) is 17.5 Å². The van der Waals surface area contributed by atoms with Gasteiger partial charge in [-0.1, -0.05) is 24.3 Å². The molecule has 2 aromatic heterocycles. The van der Waals surface area contributed by atoms with Gasteiger partial charge in [0.05, 0.1) is 48.0 Å². The van der Waals surface area contributed by atoms with Crippen molar-refractivity contribution in [3.63, 3.8) is 0 Å². The van der Waals surface area contributed by atoms with Crippen LogP contribution in [0.4, 0.5) is 0 Å². The highest BCUT2D eigenvalue weighted by Crippen LogP contribution is 2.33. The Morgan fingerprint density at radius 1 is 1.06 bits per heavy atom. The molecule has 1 N–H and O–H groups in total. The molecule has 2 aliphatic heterocycles. The standard InChI is InChI=1S/C25H26N4O5S/c30-21-15-27(7-8-29(21)16-22(31)28-9-11-34-12-10-28)14-18-23(25(32)33)17-4-1-2-5-19(17)26-24(18)20-6-3-13-35-20/h1-6,13H,7-12,14-16H2,(H,32,33). The Bertz CT molecular complexity index is 1260. The largest absolute Gasteiger partial charge is 0.478 e. The Hall–Kier alpha value is -3.34. The van der Waals surface area contributed by atoms with Crippen LogP contribution in [0.15, 0.2) is 41.8 Å². The van der Waals surface area contributed by atoms with Gasteiger partial charge < -0.3 is 19.6 Å². The maximum absolute atomic E-state index is 12.9. The van der Waals surface area contributed by atoms with Gasteiger partial charge in [0.15, 0.2) is 0 Å². The van der Waals surface area contributed by atoms with Crippen LogP contribution in [0.1, 0.15) is 15.9 Å². The number of carbonyl (C=O) groups excluding carboxylic acids is 2. The van der Waals surface area contributed by atoms with Gasteiger partial charge in [0.1, 0.15) is 0 Å². The Kier molecular flexibility index (Phi) is 6.76. The number of nitrogens with zero attached hydrogens (tertiary/aromatic N) is 4. The lowest BCUT2D eigenvalue weighted by Crippen LogP contribution is -2.54. The fourth-order valence-corrected chi connectivity index (χ4v) is 5.37. The van der Waals surface area contributed by atoms with E-state index in [1.54, 1.807) is 21.9 Å². The number of thiophene rings is 1. The molecule has 9 nitrogen and oxygen atoms in total. The molecular weight excluding hydrogens is 468 g/mol. The number of para-hydroxylation sites is 1. The lowest BCUT2D eigenvalue weighted by Gasteiger charge is -2.36. The molecule has 4 heterocycles. The van der Waals surface area contributed by atoms with E-state index in [1.165, 1.54) is 11.3 Å². The third-order valence-corrected chi connectivity index (χ3v) is 7.31. The van der Waals surface area contributed by atoms with Gasteiger partial charge >= 0.3 is 5.97 Å². The summed E-state index contributed by atoms with van der Waals surface area (Å²) in [5.41, 5.74) is 2.08. The molecule has 3 aromatic rings. The minimum absolute atomic E-state index is 0.0605. The summed E-state index contributed by atoms with van der Waals surface area (Å²) in [7, 11) is 0. The van der Waals surface area contributed by atoms with Crippen LogP contribution in [-0.4, -0.2) is 95.1 Å². The summed E-state index contributed by atoms with van der Waals surface area (Å²) >= 11 is 1.50.